The van der Waals surface area contributed by atoms with Crippen molar-refractivity contribution in [1.29, 1.82) is 0 Å². The molecule has 0 aliphatic carbocycles. The number of nitrogens with zero attached hydrogens (tertiary/aromatic N) is 3. The van der Waals surface area contributed by atoms with Gasteiger partial charge in [0.2, 0.25) is 0 Å². The Morgan fingerprint density at radius 2 is 2.00 bits per heavy atom. The summed E-state index contributed by atoms with van der Waals surface area (Å²) in [6.07, 6.45) is 1.32. The molecular weight excluding hydrogens is 269 g/mol. The molecule has 1 amide bonds. The van der Waals surface area contributed by atoms with Crippen LogP contribution < -0.4 is 0 Å². The minimum atomic E-state index is -0.659. The normalized spacial score (nSPS) is 17.0. The number of halogens is 2. The lowest BCUT2D eigenvalue weighted by atomic mass is 10.2. The first-order valence-corrected chi connectivity index (χ1v) is 6.71. The van der Waals surface area contributed by atoms with Gasteiger partial charge in [-0.1, -0.05) is 11.6 Å². The molecule has 2 rings (SSSR count). The SMILES string of the molecule is CC(C)N1CCN(C(=O)c2cnc(Cl)c(F)c2)CC1. The van der Waals surface area contributed by atoms with Gasteiger partial charge >= 0.3 is 0 Å². The third-order valence-corrected chi connectivity index (χ3v) is 3.65. The zero-order chi connectivity index (χ0) is 14.0. The molecule has 1 aromatic heterocycles. The molecule has 1 aromatic rings. The minimum Gasteiger partial charge on any atom is -0.336 e. The van der Waals surface area contributed by atoms with Gasteiger partial charge in [0.25, 0.3) is 5.91 Å². The highest BCUT2D eigenvalue weighted by molar-refractivity contribution is 6.29. The molecule has 2 heterocycles. The Morgan fingerprint density at radius 3 is 2.53 bits per heavy atom. The van der Waals surface area contributed by atoms with Crippen LogP contribution in [0.4, 0.5) is 4.39 Å². The molecule has 104 valence electrons. The molecule has 4 nitrogen and oxygen atoms in total. The van der Waals surface area contributed by atoms with Crippen molar-refractivity contribution >= 4 is 17.5 Å². The van der Waals surface area contributed by atoms with Crippen LogP contribution in [-0.4, -0.2) is 52.9 Å². The summed E-state index contributed by atoms with van der Waals surface area (Å²) in [5.74, 6) is -0.847. The van der Waals surface area contributed by atoms with Crippen LogP contribution in [0.3, 0.4) is 0 Å². The third-order valence-electron chi connectivity index (χ3n) is 3.38. The fraction of sp³-hybridized carbons (Fsp3) is 0.538. The second kappa shape index (κ2) is 5.84. The van der Waals surface area contributed by atoms with Crippen LogP contribution in [-0.2, 0) is 0 Å². The first-order valence-electron chi connectivity index (χ1n) is 6.33. The van der Waals surface area contributed by atoms with Crippen LogP contribution in [0.15, 0.2) is 12.3 Å². The first kappa shape index (κ1) is 14.2. The van der Waals surface area contributed by atoms with E-state index < -0.39 is 5.82 Å². The number of piperazine rings is 1. The minimum absolute atomic E-state index is 0.188. The van der Waals surface area contributed by atoms with E-state index in [1.807, 2.05) is 0 Å². The van der Waals surface area contributed by atoms with Crippen molar-refractivity contribution in [3.63, 3.8) is 0 Å². The fourth-order valence-electron chi connectivity index (χ4n) is 2.16. The van der Waals surface area contributed by atoms with Gasteiger partial charge in [0, 0.05) is 38.4 Å². The second-order valence-electron chi connectivity index (χ2n) is 4.92. The highest BCUT2D eigenvalue weighted by atomic mass is 35.5. The molecule has 1 aliphatic heterocycles. The average molecular weight is 286 g/mol. The molecule has 0 saturated carbocycles. The monoisotopic (exact) mass is 285 g/mol. The summed E-state index contributed by atoms with van der Waals surface area (Å²) in [5.41, 5.74) is 0.250. The predicted molar refractivity (Wildman–Crippen MR) is 71.8 cm³/mol. The van der Waals surface area contributed by atoms with Crippen molar-refractivity contribution in [2.75, 3.05) is 26.2 Å². The molecule has 0 aromatic carbocycles. The number of carbonyl (C=O) groups excluding carboxylic acids is 1. The number of carbonyl (C=O) groups is 1. The molecule has 1 fully saturated rings. The smallest absolute Gasteiger partial charge is 0.255 e. The number of aromatic nitrogens is 1. The molecule has 0 unspecified atom stereocenters. The van der Waals surface area contributed by atoms with E-state index in [1.165, 1.54) is 6.20 Å². The lowest BCUT2D eigenvalue weighted by molar-refractivity contribution is 0.0594. The summed E-state index contributed by atoms with van der Waals surface area (Å²) < 4.78 is 13.3. The summed E-state index contributed by atoms with van der Waals surface area (Å²) >= 11 is 5.51. The van der Waals surface area contributed by atoms with Gasteiger partial charge in [-0.3, -0.25) is 9.69 Å². The molecular formula is C13H17ClFN3O. The number of pyridine rings is 1. The molecule has 6 heteroatoms. The van der Waals surface area contributed by atoms with Crippen LogP contribution in [0.25, 0.3) is 0 Å². The van der Waals surface area contributed by atoms with Gasteiger partial charge in [-0.2, -0.15) is 0 Å². The fourth-order valence-corrected chi connectivity index (χ4v) is 2.27. The van der Waals surface area contributed by atoms with Crippen molar-refractivity contribution < 1.29 is 9.18 Å². The average Bonchev–Trinajstić information content (AvgIpc) is 2.41. The molecule has 1 saturated heterocycles. The Labute approximate surface area is 117 Å². The topological polar surface area (TPSA) is 36.4 Å². The van der Waals surface area contributed by atoms with E-state index in [1.54, 1.807) is 4.90 Å². The van der Waals surface area contributed by atoms with Gasteiger partial charge in [0.05, 0.1) is 5.56 Å². The highest BCUT2D eigenvalue weighted by Crippen LogP contribution is 2.15. The molecule has 0 spiro atoms. The summed E-state index contributed by atoms with van der Waals surface area (Å²) in [7, 11) is 0. The summed E-state index contributed by atoms with van der Waals surface area (Å²) in [6.45, 7) is 7.26. The largest absolute Gasteiger partial charge is 0.336 e. The van der Waals surface area contributed by atoms with Gasteiger partial charge in [-0.25, -0.2) is 9.37 Å². The maximum Gasteiger partial charge on any atom is 0.255 e. The maximum atomic E-state index is 13.3. The standard InChI is InChI=1S/C13H17ClFN3O/c1-9(2)17-3-5-18(6-4-17)13(19)10-7-11(15)12(14)16-8-10/h7-9H,3-6H2,1-2H3. The van der Waals surface area contributed by atoms with E-state index >= 15 is 0 Å². The molecule has 0 atom stereocenters. The van der Waals surface area contributed by atoms with E-state index in [2.05, 4.69) is 23.7 Å². The van der Waals surface area contributed by atoms with Gasteiger partial charge in [-0.05, 0) is 19.9 Å². The van der Waals surface area contributed by atoms with Gasteiger partial charge < -0.3 is 4.90 Å². The molecule has 0 bridgehead atoms. The van der Waals surface area contributed by atoms with E-state index in [0.29, 0.717) is 19.1 Å². The Kier molecular flexibility index (Phi) is 4.37. The Morgan fingerprint density at radius 1 is 1.37 bits per heavy atom. The molecule has 0 radical (unpaired) electrons. The van der Waals surface area contributed by atoms with Crippen molar-refractivity contribution in [2.45, 2.75) is 19.9 Å². The van der Waals surface area contributed by atoms with Crippen molar-refractivity contribution in [1.82, 2.24) is 14.8 Å². The number of amides is 1. The van der Waals surface area contributed by atoms with E-state index in [9.17, 15) is 9.18 Å². The maximum absolute atomic E-state index is 13.3. The van der Waals surface area contributed by atoms with Gasteiger partial charge in [0.1, 0.15) is 0 Å². The van der Waals surface area contributed by atoms with E-state index in [-0.39, 0.29) is 16.6 Å². The number of hydrogen-bond acceptors (Lipinski definition) is 3. The summed E-state index contributed by atoms with van der Waals surface area (Å²) in [4.78, 5) is 19.9. The van der Waals surface area contributed by atoms with Crippen LogP contribution >= 0.6 is 11.6 Å². The van der Waals surface area contributed by atoms with Crippen molar-refractivity contribution in [3.8, 4) is 0 Å². The van der Waals surface area contributed by atoms with Gasteiger partial charge in [0.15, 0.2) is 11.0 Å². The Balaban J connectivity index is 2.03. The zero-order valence-electron chi connectivity index (χ0n) is 11.1. The van der Waals surface area contributed by atoms with E-state index in [4.69, 9.17) is 11.6 Å². The molecule has 1 aliphatic rings. The third kappa shape index (κ3) is 3.22. The quantitative estimate of drug-likeness (QED) is 0.780. The highest BCUT2D eigenvalue weighted by Gasteiger charge is 2.23. The number of hydrogen-bond donors (Lipinski definition) is 0. The lowest BCUT2D eigenvalue weighted by Crippen LogP contribution is -2.50. The van der Waals surface area contributed by atoms with Crippen LogP contribution in [0, 0.1) is 5.82 Å². The second-order valence-corrected chi connectivity index (χ2v) is 5.28. The van der Waals surface area contributed by atoms with E-state index in [0.717, 1.165) is 19.2 Å². The molecule has 19 heavy (non-hydrogen) atoms. The van der Waals surface area contributed by atoms with Gasteiger partial charge in [-0.15, -0.1) is 0 Å². The Bertz CT molecular complexity index is 473. The van der Waals surface area contributed by atoms with Crippen LogP contribution in [0.5, 0.6) is 0 Å². The predicted octanol–water partition coefficient (Wildman–Crippen LogP) is 2.04. The number of rotatable bonds is 2. The summed E-state index contributed by atoms with van der Waals surface area (Å²) in [6, 6.07) is 1.62. The summed E-state index contributed by atoms with van der Waals surface area (Å²) in [5, 5.41) is -0.207. The lowest BCUT2D eigenvalue weighted by Gasteiger charge is -2.36. The van der Waals surface area contributed by atoms with Crippen molar-refractivity contribution in [3.05, 3.63) is 28.8 Å². The van der Waals surface area contributed by atoms with Crippen molar-refractivity contribution in [2.24, 2.45) is 0 Å². The zero-order valence-corrected chi connectivity index (χ0v) is 11.8. The first-order chi connectivity index (χ1) is 8.99. The van der Waals surface area contributed by atoms with Crippen LogP contribution in [0.1, 0.15) is 24.2 Å². The molecule has 0 N–H and O–H groups in total. The van der Waals surface area contributed by atoms with Crippen LogP contribution in [0.2, 0.25) is 5.15 Å². The Hall–Kier alpha value is -1.20.